The van der Waals surface area contributed by atoms with E-state index in [9.17, 15) is 0 Å². The van der Waals surface area contributed by atoms with Gasteiger partial charge in [0.2, 0.25) is 0 Å². The van der Waals surface area contributed by atoms with Crippen molar-refractivity contribution in [3.63, 3.8) is 0 Å². The molecule has 1 aliphatic rings. The fraction of sp³-hybridized carbons (Fsp3) is 0.632. The predicted molar refractivity (Wildman–Crippen MR) is 116 cm³/mol. The highest BCUT2D eigenvalue weighted by atomic mass is 127. The van der Waals surface area contributed by atoms with Gasteiger partial charge < -0.3 is 20.3 Å². The normalized spacial score (nSPS) is 20.4. The summed E-state index contributed by atoms with van der Waals surface area (Å²) in [6.45, 7) is 8.37. The Kier molecular flexibility index (Phi) is 9.74. The third kappa shape index (κ3) is 7.50. The minimum Gasteiger partial charge on any atom is -0.373 e. The summed E-state index contributed by atoms with van der Waals surface area (Å²) in [6, 6.07) is 8.51. The van der Waals surface area contributed by atoms with E-state index in [1.165, 1.54) is 11.1 Å². The van der Waals surface area contributed by atoms with Gasteiger partial charge in [-0.2, -0.15) is 0 Å². The smallest absolute Gasteiger partial charge is 0.191 e. The molecule has 0 spiro atoms. The molecule has 1 saturated heterocycles. The predicted octanol–water partition coefficient (Wildman–Crippen LogP) is 2.99. The van der Waals surface area contributed by atoms with Gasteiger partial charge >= 0.3 is 0 Å². The molecule has 0 aromatic heterocycles. The monoisotopic (exact) mass is 460 g/mol. The number of nitrogens with one attached hydrogen (secondary N) is 2. The van der Waals surface area contributed by atoms with Gasteiger partial charge in [0.15, 0.2) is 5.96 Å². The molecule has 2 N–H and O–H groups in total. The Labute approximate surface area is 169 Å². The summed E-state index contributed by atoms with van der Waals surface area (Å²) >= 11 is 0. The largest absolute Gasteiger partial charge is 0.373 e. The van der Waals surface area contributed by atoms with Crippen LogP contribution in [0.1, 0.15) is 37.8 Å². The second-order valence-electron chi connectivity index (χ2n) is 6.96. The molecule has 6 heteroatoms. The molecule has 1 heterocycles. The van der Waals surface area contributed by atoms with Crippen LogP contribution in [0.15, 0.2) is 29.3 Å². The molecule has 1 fully saturated rings. The Hall–Kier alpha value is -0.860. The lowest BCUT2D eigenvalue weighted by molar-refractivity contribution is 0.0243. The number of halogens is 1. The fourth-order valence-corrected chi connectivity index (χ4v) is 2.96. The fourth-order valence-electron chi connectivity index (χ4n) is 2.96. The Morgan fingerprint density at radius 2 is 1.96 bits per heavy atom. The van der Waals surface area contributed by atoms with Crippen LogP contribution in [0.4, 0.5) is 0 Å². The third-order valence-electron chi connectivity index (χ3n) is 4.29. The average molecular weight is 460 g/mol. The number of nitrogens with zero attached hydrogens (tertiary/aromatic N) is 2. The minimum atomic E-state index is -0.0704. The SMILES string of the molecule is CCNC(=NCc1ccccc1CN(C)C)NCC1(C)CCCO1.I. The zero-order valence-corrected chi connectivity index (χ0v) is 18.3. The summed E-state index contributed by atoms with van der Waals surface area (Å²) in [6.07, 6.45) is 2.24. The summed E-state index contributed by atoms with van der Waals surface area (Å²) < 4.78 is 5.84. The first-order valence-electron chi connectivity index (χ1n) is 8.90. The number of ether oxygens (including phenoxy) is 1. The Morgan fingerprint density at radius 1 is 1.24 bits per heavy atom. The highest BCUT2D eigenvalue weighted by Gasteiger charge is 2.29. The van der Waals surface area contributed by atoms with Crippen LogP contribution < -0.4 is 10.6 Å². The molecule has 1 atom stereocenters. The van der Waals surface area contributed by atoms with Crippen molar-refractivity contribution in [1.29, 1.82) is 0 Å². The van der Waals surface area contributed by atoms with Gasteiger partial charge in [-0.05, 0) is 51.9 Å². The topological polar surface area (TPSA) is 48.9 Å². The molecule has 0 saturated carbocycles. The van der Waals surface area contributed by atoms with Crippen LogP contribution in [0, 0.1) is 0 Å². The van der Waals surface area contributed by atoms with E-state index in [1.54, 1.807) is 0 Å². The number of rotatable bonds is 7. The maximum Gasteiger partial charge on any atom is 0.191 e. The molecule has 1 unspecified atom stereocenters. The Bertz CT molecular complexity index is 542. The molecule has 0 aliphatic carbocycles. The van der Waals surface area contributed by atoms with Gasteiger partial charge in [0, 0.05) is 26.2 Å². The second kappa shape index (κ2) is 11.0. The molecule has 0 bridgehead atoms. The molecule has 0 radical (unpaired) electrons. The average Bonchev–Trinajstić information content (AvgIpc) is 2.98. The van der Waals surface area contributed by atoms with E-state index in [4.69, 9.17) is 9.73 Å². The highest BCUT2D eigenvalue weighted by Crippen LogP contribution is 2.23. The molecule has 25 heavy (non-hydrogen) atoms. The number of hydrogen-bond donors (Lipinski definition) is 2. The lowest BCUT2D eigenvalue weighted by Crippen LogP contribution is -2.45. The lowest BCUT2D eigenvalue weighted by Gasteiger charge is -2.24. The zero-order valence-electron chi connectivity index (χ0n) is 16.0. The number of aliphatic imine (C=N–C) groups is 1. The summed E-state index contributed by atoms with van der Waals surface area (Å²) in [4.78, 5) is 6.95. The van der Waals surface area contributed by atoms with Crippen LogP contribution in [0.3, 0.4) is 0 Å². The number of hydrogen-bond acceptors (Lipinski definition) is 3. The van der Waals surface area contributed by atoms with Gasteiger partial charge in [-0.15, -0.1) is 24.0 Å². The lowest BCUT2D eigenvalue weighted by atomic mass is 10.0. The first kappa shape index (κ1) is 22.2. The summed E-state index contributed by atoms with van der Waals surface area (Å²) in [7, 11) is 4.18. The molecule has 1 aromatic carbocycles. The van der Waals surface area contributed by atoms with Crippen LogP contribution in [0.25, 0.3) is 0 Å². The van der Waals surface area contributed by atoms with E-state index in [0.717, 1.165) is 45.0 Å². The number of guanidine groups is 1. The van der Waals surface area contributed by atoms with Crippen LogP contribution in [0.5, 0.6) is 0 Å². The first-order valence-corrected chi connectivity index (χ1v) is 8.90. The highest BCUT2D eigenvalue weighted by molar-refractivity contribution is 14.0. The van der Waals surface area contributed by atoms with Crippen molar-refractivity contribution in [3.8, 4) is 0 Å². The molecular weight excluding hydrogens is 427 g/mol. The second-order valence-corrected chi connectivity index (χ2v) is 6.96. The molecule has 2 rings (SSSR count). The number of benzene rings is 1. The van der Waals surface area contributed by atoms with E-state index in [-0.39, 0.29) is 29.6 Å². The van der Waals surface area contributed by atoms with Gasteiger partial charge in [0.1, 0.15) is 0 Å². The van der Waals surface area contributed by atoms with Crippen molar-refractivity contribution in [2.45, 2.75) is 45.4 Å². The molecule has 1 aromatic rings. The van der Waals surface area contributed by atoms with E-state index in [2.05, 4.69) is 67.7 Å². The Morgan fingerprint density at radius 3 is 2.56 bits per heavy atom. The van der Waals surface area contributed by atoms with Crippen LogP contribution in [-0.4, -0.2) is 50.3 Å². The molecular formula is C19H33IN4O. The van der Waals surface area contributed by atoms with Crippen molar-refractivity contribution in [2.24, 2.45) is 4.99 Å². The van der Waals surface area contributed by atoms with E-state index in [1.807, 2.05) is 0 Å². The van der Waals surface area contributed by atoms with Crippen molar-refractivity contribution in [2.75, 3.05) is 33.8 Å². The van der Waals surface area contributed by atoms with Gasteiger partial charge in [-0.1, -0.05) is 24.3 Å². The van der Waals surface area contributed by atoms with E-state index < -0.39 is 0 Å². The standard InChI is InChI=1S/C19H32N4O.HI/c1-5-20-18(22-15-19(2)11-8-12-24-19)21-13-16-9-6-7-10-17(16)14-23(3)4;/h6-7,9-10H,5,8,11-15H2,1-4H3,(H2,20,21,22);1H. The minimum absolute atomic E-state index is 0. The van der Waals surface area contributed by atoms with Gasteiger partial charge in [-0.3, -0.25) is 0 Å². The van der Waals surface area contributed by atoms with Crippen LogP contribution in [0.2, 0.25) is 0 Å². The van der Waals surface area contributed by atoms with Gasteiger partial charge in [0.05, 0.1) is 12.1 Å². The van der Waals surface area contributed by atoms with Crippen molar-refractivity contribution in [3.05, 3.63) is 35.4 Å². The molecule has 0 amide bonds. The van der Waals surface area contributed by atoms with Crippen molar-refractivity contribution in [1.82, 2.24) is 15.5 Å². The molecule has 142 valence electrons. The van der Waals surface area contributed by atoms with E-state index in [0.29, 0.717) is 6.54 Å². The molecule has 1 aliphatic heterocycles. The maximum absolute atomic E-state index is 5.84. The van der Waals surface area contributed by atoms with Crippen LogP contribution >= 0.6 is 24.0 Å². The first-order chi connectivity index (χ1) is 11.5. The van der Waals surface area contributed by atoms with Gasteiger partial charge in [-0.25, -0.2) is 4.99 Å². The summed E-state index contributed by atoms with van der Waals surface area (Å²) in [5.41, 5.74) is 2.53. The zero-order chi connectivity index (χ0) is 17.4. The summed E-state index contributed by atoms with van der Waals surface area (Å²) in [5.74, 6) is 0.855. The molecule has 5 nitrogen and oxygen atoms in total. The van der Waals surface area contributed by atoms with Crippen LogP contribution in [-0.2, 0) is 17.8 Å². The van der Waals surface area contributed by atoms with Gasteiger partial charge in [0.25, 0.3) is 0 Å². The van der Waals surface area contributed by atoms with Crippen molar-refractivity contribution >= 4 is 29.9 Å². The van der Waals surface area contributed by atoms with E-state index >= 15 is 0 Å². The Balaban J connectivity index is 0.00000312. The third-order valence-corrected chi connectivity index (χ3v) is 4.29. The maximum atomic E-state index is 5.84. The quantitative estimate of drug-likeness (QED) is 0.373. The van der Waals surface area contributed by atoms with Crippen molar-refractivity contribution < 1.29 is 4.74 Å². The summed E-state index contributed by atoms with van der Waals surface area (Å²) in [5, 5.41) is 6.76.